The summed E-state index contributed by atoms with van der Waals surface area (Å²) < 4.78 is 17.9. The maximum Gasteiger partial charge on any atom is 0.349 e. The Kier molecular flexibility index (Phi) is 7.19. The molecule has 0 atom stereocenters. The fourth-order valence-corrected chi connectivity index (χ4v) is 2.33. The molecule has 0 saturated heterocycles. The SMILES string of the molecule is CN(C)c1ccc(/C=C(\C#N)C(=O)OCC(=O)Nc2ccc(F)cc2[N+](=O)[O-])cc1. The molecule has 1 N–H and O–H groups in total. The van der Waals surface area contributed by atoms with E-state index in [9.17, 15) is 29.4 Å². The first kappa shape index (κ1) is 22.0. The van der Waals surface area contributed by atoms with Crippen LogP contribution in [0.1, 0.15) is 5.56 Å². The van der Waals surface area contributed by atoms with E-state index in [1.54, 1.807) is 30.3 Å². The lowest BCUT2D eigenvalue weighted by Crippen LogP contribution is -2.22. The molecule has 0 bridgehead atoms. The van der Waals surface area contributed by atoms with Crippen molar-refractivity contribution in [3.05, 3.63) is 69.5 Å². The van der Waals surface area contributed by atoms with Crippen LogP contribution in [0, 0.1) is 27.3 Å². The molecule has 0 aliphatic carbocycles. The smallest absolute Gasteiger partial charge is 0.349 e. The predicted octanol–water partition coefficient (Wildman–Crippen LogP) is 2.89. The Hall–Kier alpha value is -4.26. The molecule has 30 heavy (non-hydrogen) atoms. The van der Waals surface area contributed by atoms with E-state index in [1.165, 1.54) is 6.08 Å². The summed E-state index contributed by atoms with van der Waals surface area (Å²) in [4.78, 5) is 36.0. The quantitative estimate of drug-likeness (QED) is 0.244. The van der Waals surface area contributed by atoms with Gasteiger partial charge in [0.15, 0.2) is 6.61 Å². The van der Waals surface area contributed by atoms with E-state index in [0.717, 1.165) is 17.8 Å². The maximum absolute atomic E-state index is 13.1. The number of anilines is 2. The Morgan fingerprint density at radius 2 is 1.93 bits per heavy atom. The van der Waals surface area contributed by atoms with Gasteiger partial charge in [0.05, 0.1) is 11.0 Å². The number of nitrogens with one attached hydrogen (secondary N) is 1. The monoisotopic (exact) mass is 412 g/mol. The molecule has 0 aliphatic rings. The van der Waals surface area contributed by atoms with Crippen molar-refractivity contribution in [2.24, 2.45) is 0 Å². The second kappa shape index (κ2) is 9.79. The molecule has 2 rings (SSSR count). The van der Waals surface area contributed by atoms with Crippen LogP contribution in [0.25, 0.3) is 6.08 Å². The number of ether oxygens (including phenoxy) is 1. The minimum absolute atomic E-state index is 0.250. The van der Waals surface area contributed by atoms with Crippen LogP contribution < -0.4 is 10.2 Å². The number of halogens is 1. The normalized spacial score (nSPS) is 10.7. The van der Waals surface area contributed by atoms with Gasteiger partial charge in [-0.1, -0.05) is 12.1 Å². The number of carbonyl (C=O) groups is 2. The zero-order chi connectivity index (χ0) is 22.3. The zero-order valence-electron chi connectivity index (χ0n) is 16.1. The van der Waals surface area contributed by atoms with Crippen molar-refractivity contribution in [2.75, 3.05) is 30.9 Å². The topological polar surface area (TPSA) is 126 Å². The number of amides is 1. The number of nitriles is 1. The molecule has 154 valence electrons. The molecule has 9 nitrogen and oxygen atoms in total. The van der Waals surface area contributed by atoms with Crippen molar-refractivity contribution in [2.45, 2.75) is 0 Å². The number of rotatable bonds is 7. The first-order valence-electron chi connectivity index (χ1n) is 8.51. The minimum atomic E-state index is -1.03. The largest absolute Gasteiger partial charge is 0.451 e. The van der Waals surface area contributed by atoms with E-state index in [2.05, 4.69) is 5.32 Å². The third kappa shape index (κ3) is 5.87. The predicted molar refractivity (Wildman–Crippen MR) is 107 cm³/mol. The molecular formula is C20H17FN4O5. The molecule has 0 saturated carbocycles. The molecule has 0 spiro atoms. The van der Waals surface area contributed by atoms with E-state index in [-0.39, 0.29) is 11.3 Å². The van der Waals surface area contributed by atoms with Crippen LogP contribution in [0.3, 0.4) is 0 Å². The van der Waals surface area contributed by atoms with Crippen LogP contribution in [0.5, 0.6) is 0 Å². The van der Waals surface area contributed by atoms with Crippen molar-refractivity contribution in [1.82, 2.24) is 0 Å². The van der Waals surface area contributed by atoms with E-state index in [0.29, 0.717) is 11.6 Å². The Balaban J connectivity index is 2.02. The Morgan fingerprint density at radius 1 is 1.27 bits per heavy atom. The molecule has 0 heterocycles. The van der Waals surface area contributed by atoms with Crippen molar-refractivity contribution < 1.29 is 23.6 Å². The van der Waals surface area contributed by atoms with Gasteiger partial charge >= 0.3 is 5.97 Å². The number of esters is 1. The third-order valence-corrected chi connectivity index (χ3v) is 3.83. The highest BCUT2D eigenvalue weighted by molar-refractivity contribution is 6.00. The number of benzene rings is 2. The zero-order valence-corrected chi connectivity index (χ0v) is 16.1. The highest BCUT2D eigenvalue weighted by atomic mass is 19.1. The molecule has 0 aliphatic heterocycles. The maximum atomic E-state index is 13.1. The van der Waals surface area contributed by atoms with Crippen LogP contribution in [-0.2, 0) is 14.3 Å². The molecule has 2 aromatic rings. The summed E-state index contributed by atoms with van der Waals surface area (Å²) >= 11 is 0. The molecule has 1 amide bonds. The molecule has 0 radical (unpaired) electrons. The van der Waals surface area contributed by atoms with Gasteiger partial charge in [0.2, 0.25) is 0 Å². The molecule has 2 aromatic carbocycles. The third-order valence-electron chi connectivity index (χ3n) is 3.83. The lowest BCUT2D eigenvalue weighted by molar-refractivity contribution is -0.384. The van der Waals surface area contributed by atoms with Gasteiger partial charge in [-0.05, 0) is 35.9 Å². The van der Waals surface area contributed by atoms with Gasteiger partial charge in [0.25, 0.3) is 11.6 Å². The molecule has 0 fully saturated rings. The fraction of sp³-hybridized carbons (Fsp3) is 0.150. The minimum Gasteiger partial charge on any atom is -0.451 e. The molecule has 0 aromatic heterocycles. The van der Waals surface area contributed by atoms with E-state index in [1.807, 2.05) is 19.0 Å². The van der Waals surface area contributed by atoms with Gasteiger partial charge in [-0.15, -0.1) is 0 Å². The van der Waals surface area contributed by atoms with Gasteiger partial charge in [0, 0.05) is 19.8 Å². The summed E-state index contributed by atoms with van der Waals surface area (Å²) in [6.07, 6.45) is 1.31. The Labute approximate surface area is 171 Å². The van der Waals surface area contributed by atoms with Crippen molar-refractivity contribution in [3.63, 3.8) is 0 Å². The summed E-state index contributed by atoms with van der Waals surface area (Å²) in [5.74, 6) is -2.75. The van der Waals surface area contributed by atoms with Gasteiger partial charge < -0.3 is 15.0 Å². The van der Waals surface area contributed by atoms with Crippen molar-refractivity contribution in [1.29, 1.82) is 5.26 Å². The summed E-state index contributed by atoms with van der Waals surface area (Å²) in [6.45, 7) is -0.786. The van der Waals surface area contributed by atoms with Gasteiger partial charge in [-0.25, -0.2) is 9.18 Å². The molecule has 0 unspecified atom stereocenters. The summed E-state index contributed by atoms with van der Waals surface area (Å²) in [5.41, 5.74) is 0.293. The highest BCUT2D eigenvalue weighted by Crippen LogP contribution is 2.24. The van der Waals surface area contributed by atoms with Crippen molar-refractivity contribution >= 4 is 35.0 Å². The van der Waals surface area contributed by atoms with Gasteiger partial charge in [0.1, 0.15) is 23.1 Å². The second-order valence-electron chi connectivity index (χ2n) is 6.20. The summed E-state index contributed by atoms with van der Waals surface area (Å²) in [6, 6.07) is 11.3. The Morgan fingerprint density at radius 3 is 2.50 bits per heavy atom. The highest BCUT2D eigenvalue weighted by Gasteiger charge is 2.18. The van der Waals surface area contributed by atoms with Crippen LogP contribution in [0.2, 0.25) is 0 Å². The number of nitro groups is 1. The number of nitro benzene ring substituents is 1. The number of hydrogen-bond acceptors (Lipinski definition) is 7. The van der Waals surface area contributed by atoms with Crippen LogP contribution in [0.15, 0.2) is 48.0 Å². The Bertz CT molecular complexity index is 1040. The van der Waals surface area contributed by atoms with Gasteiger partial charge in [-0.2, -0.15) is 5.26 Å². The molecular weight excluding hydrogens is 395 g/mol. The number of hydrogen-bond donors (Lipinski definition) is 1. The lowest BCUT2D eigenvalue weighted by Gasteiger charge is -2.11. The fourth-order valence-electron chi connectivity index (χ4n) is 2.33. The van der Waals surface area contributed by atoms with E-state index >= 15 is 0 Å². The second-order valence-corrected chi connectivity index (χ2v) is 6.20. The molecule has 10 heteroatoms. The standard InChI is InChI=1S/C20H17FN4O5/c1-24(2)16-6-3-13(4-7-16)9-14(11-22)20(27)30-12-19(26)23-17-8-5-15(21)10-18(17)25(28)29/h3-10H,12H2,1-2H3,(H,23,26)/b14-9+. The summed E-state index contributed by atoms with van der Waals surface area (Å²) in [7, 11) is 3.74. The van der Waals surface area contributed by atoms with Crippen LogP contribution in [-0.4, -0.2) is 37.5 Å². The van der Waals surface area contributed by atoms with E-state index in [4.69, 9.17) is 4.74 Å². The lowest BCUT2D eigenvalue weighted by atomic mass is 10.1. The first-order valence-corrected chi connectivity index (χ1v) is 8.51. The average Bonchev–Trinajstić information content (AvgIpc) is 2.71. The van der Waals surface area contributed by atoms with Crippen LogP contribution >= 0.6 is 0 Å². The van der Waals surface area contributed by atoms with Crippen LogP contribution in [0.4, 0.5) is 21.5 Å². The average molecular weight is 412 g/mol. The number of nitrogens with zero attached hydrogens (tertiary/aromatic N) is 3. The number of carbonyl (C=O) groups excluding carboxylic acids is 2. The summed E-state index contributed by atoms with van der Waals surface area (Å²) in [5, 5.41) is 22.3. The first-order chi connectivity index (χ1) is 14.2. The van der Waals surface area contributed by atoms with Gasteiger partial charge in [-0.3, -0.25) is 14.9 Å². The van der Waals surface area contributed by atoms with E-state index < -0.39 is 34.9 Å². The van der Waals surface area contributed by atoms with Crippen molar-refractivity contribution in [3.8, 4) is 6.07 Å².